The molecule has 12 heavy (non-hydrogen) atoms. The zero-order valence-corrected chi connectivity index (χ0v) is 8.31. The molecular weight excluding hydrogens is 166 g/mol. The zero-order valence-electron chi connectivity index (χ0n) is 7.49. The van der Waals surface area contributed by atoms with Gasteiger partial charge in [-0.2, -0.15) is 0 Å². The maximum atomic E-state index is 2.44. The molecule has 2 rings (SSSR count). The van der Waals surface area contributed by atoms with Crippen LogP contribution >= 0.6 is 11.8 Å². The Morgan fingerprint density at radius 2 is 2.50 bits per heavy atom. The van der Waals surface area contributed by atoms with Crippen LogP contribution in [0.2, 0.25) is 0 Å². The highest BCUT2D eigenvalue weighted by molar-refractivity contribution is 8.06. The van der Waals surface area contributed by atoms with Gasteiger partial charge in [0.25, 0.3) is 0 Å². The number of rotatable bonds is 0. The van der Waals surface area contributed by atoms with Gasteiger partial charge in [0.1, 0.15) is 0 Å². The van der Waals surface area contributed by atoms with Crippen LogP contribution < -0.4 is 0 Å². The van der Waals surface area contributed by atoms with Crippen LogP contribution in [-0.2, 0) is 0 Å². The Bertz CT molecular complexity index is 220. The van der Waals surface area contributed by atoms with Crippen LogP contribution in [0.5, 0.6) is 0 Å². The lowest BCUT2D eigenvalue weighted by Gasteiger charge is -2.22. The molecule has 2 aliphatic heterocycles. The van der Waals surface area contributed by atoms with Crippen LogP contribution in [0.1, 0.15) is 12.8 Å². The van der Waals surface area contributed by atoms with Gasteiger partial charge in [-0.3, -0.25) is 0 Å². The Labute approximate surface area is 78.5 Å². The van der Waals surface area contributed by atoms with Crippen molar-refractivity contribution in [1.82, 2.24) is 4.90 Å². The van der Waals surface area contributed by atoms with Crippen molar-refractivity contribution in [2.24, 2.45) is 5.92 Å². The molecule has 0 aromatic rings. The molecular formula is C10H15NS. The van der Waals surface area contributed by atoms with Crippen LogP contribution in [-0.4, -0.2) is 25.0 Å². The average Bonchev–Trinajstić information content (AvgIpc) is 2.42. The van der Waals surface area contributed by atoms with Gasteiger partial charge in [0, 0.05) is 12.5 Å². The Morgan fingerprint density at radius 3 is 3.42 bits per heavy atom. The topological polar surface area (TPSA) is 3.24 Å². The second-order valence-electron chi connectivity index (χ2n) is 3.56. The molecule has 0 fully saturated rings. The normalized spacial score (nSPS) is 35.1. The second-order valence-corrected chi connectivity index (χ2v) is 4.54. The van der Waals surface area contributed by atoms with Crippen molar-refractivity contribution < 1.29 is 0 Å². The lowest BCUT2D eigenvalue weighted by atomic mass is 10.1. The van der Waals surface area contributed by atoms with E-state index in [1.165, 1.54) is 25.9 Å². The standard InChI is InChI=1S/C10H15NS/c1-11-6-3-2-4-10-9(8-11)5-7-12-10/h4-5,7,9H,2-3,6,8H2,1H3/b10-4+. The van der Waals surface area contributed by atoms with E-state index in [0.717, 1.165) is 0 Å². The van der Waals surface area contributed by atoms with E-state index in [-0.39, 0.29) is 0 Å². The summed E-state index contributed by atoms with van der Waals surface area (Å²) in [6, 6.07) is 0. The van der Waals surface area contributed by atoms with E-state index in [4.69, 9.17) is 0 Å². The molecule has 1 atom stereocenters. The fraction of sp³-hybridized carbons (Fsp3) is 0.600. The molecule has 2 heterocycles. The molecule has 0 aromatic carbocycles. The molecule has 0 saturated heterocycles. The van der Waals surface area contributed by atoms with Crippen LogP contribution in [0.25, 0.3) is 0 Å². The van der Waals surface area contributed by atoms with Crippen molar-refractivity contribution in [3.05, 3.63) is 22.5 Å². The van der Waals surface area contributed by atoms with Crippen LogP contribution in [0.3, 0.4) is 0 Å². The molecule has 0 saturated carbocycles. The van der Waals surface area contributed by atoms with Gasteiger partial charge in [0.15, 0.2) is 0 Å². The summed E-state index contributed by atoms with van der Waals surface area (Å²) in [4.78, 5) is 4.01. The molecule has 0 spiro atoms. The highest BCUT2D eigenvalue weighted by atomic mass is 32.2. The van der Waals surface area contributed by atoms with E-state index in [1.807, 2.05) is 11.8 Å². The summed E-state index contributed by atoms with van der Waals surface area (Å²) >= 11 is 1.90. The number of hydrogen-bond donors (Lipinski definition) is 0. The second kappa shape index (κ2) is 3.67. The lowest BCUT2D eigenvalue weighted by Crippen LogP contribution is -2.26. The molecule has 66 valence electrons. The van der Waals surface area contributed by atoms with Gasteiger partial charge in [-0.1, -0.05) is 12.2 Å². The summed E-state index contributed by atoms with van der Waals surface area (Å²) in [5.74, 6) is 0.695. The third kappa shape index (κ3) is 1.75. The van der Waals surface area contributed by atoms with E-state index in [1.54, 1.807) is 4.91 Å². The van der Waals surface area contributed by atoms with Crippen molar-refractivity contribution in [2.45, 2.75) is 12.8 Å². The Morgan fingerprint density at radius 1 is 1.58 bits per heavy atom. The lowest BCUT2D eigenvalue weighted by molar-refractivity contribution is 0.309. The largest absolute Gasteiger partial charge is 0.305 e. The van der Waals surface area contributed by atoms with E-state index in [0.29, 0.717) is 5.92 Å². The highest BCUT2D eigenvalue weighted by Gasteiger charge is 2.19. The maximum Gasteiger partial charge on any atom is 0.0214 e. The Kier molecular flexibility index (Phi) is 2.57. The van der Waals surface area contributed by atoms with Gasteiger partial charge in [0.2, 0.25) is 0 Å². The number of fused-ring (bicyclic) bond motifs is 1. The summed E-state index contributed by atoms with van der Waals surface area (Å²) in [5, 5.41) is 2.23. The van der Waals surface area contributed by atoms with Gasteiger partial charge >= 0.3 is 0 Å². The number of thioether (sulfide) groups is 1. The highest BCUT2D eigenvalue weighted by Crippen LogP contribution is 2.35. The smallest absolute Gasteiger partial charge is 0.0214 e. The summed E-state index contributed by atoms with van der Waals surface area (Å²) in [7, 11) is 2.22. The summed E-state index contributed by atoms with van der Waals surface area (Å²) in [6.45, 7) is 2.45. The summed E-state index contributed by atoms with van der Waals surface area (Å²) in [6.07, 6.45) is 7.32. The minimum absolute atomic E-state index is 0.695. The molecule has 2 aliphatic rings. The van der Waals surface area contributed by atoms with Crippen molar-refractivity contribution in [1.29, 1.82) is 0 Å². The molecule has 1 nitrogen and oxygen atoms in total. The van der Waals surface area contributed by atoms with Crippen LogP contribution in [0, 0.1) is 5.92 Å². The van der Waals surface area contributed by atoms with E-state index in [2.05, 4.69) is 29.5 Å². The predicted molar refractivity (Wildman–Crippen MR) is 55.0 cm³/mol. The monoisotopic (exact) mass is 181 g/mol. The van der Waals surface area contributed by atoms with Crippen molar-refractivity contribution >= 4 is 11.8 Å². The summed E-state index contributed by atoms with van der Waals surface area (Å²) < 4.78 is 0. The quantitative estimate of drug-likeness (QED) is 0.565. The first-order chi connectivity index (χ1) is 5.86. The Hall–Kier alpha value is -0.210. The van der Waals surface area contributed by atoms with Gasteiger partial charge in [-0.25, -0.2) is 0 Å². The summed E-state index contributed by atoms with van der Waals surface area (Å²) in [5.41, 5.74) is 0. The minimum atomic E-state index is 0.695. The van der Waals surface area contributed by atoms with Gasteiger partial charge in [-0.15, -0.1) is 11.8 Å². The first-order valence-electron chi connectivity index (χ1n) is 4.58. The average molecular weight is 181 g/mol. The van der Waals surface area contributed by atoms with E-state index < -0.39 is 0 Å². The predicted octanol–water partition coefficient (Wildman–Crippen LogP) is 2.47. The Balaban J connectivity index is 2.10. The number of hydrogen-bond acceptors (Lipinski definition) is 2. The van der Waals surface area contributed by atoms with Crippen molar-refractivity contribution in [3.63, 3.8) is 0 Å². The van der Waals surface area contributed by atoms with Crippen molar-refractivity contribution in [3.8, 4) is 0 Å². The van der Waals surface area contributed by atoms with Gasteiger partial charge < -0.3 is 4.90 Å². The zero-order chi connectivity index (χ0) is 8.39. The van der Waals surface area contributed by atoms with Crippen LogP contribution in [0.4, 0.5) is 0 Å². The van der Waals surface area contributed by atoms with Crippen molar-refractivity contribution in [2.75, 3.05) is 20.1 Å². The number of allylic oxidation sites excluding steroid dienone is 1. The minimum Gasteiger partial charge on any atom is -0.305 e. The van der Waals surface area contributed by atoms with E-state index in [9.17, 15) is 0 Å². The molecule has 0 amide bonds. The first-order valence-corrected chi connectivity index (χ1v) is 5.46. The maximum absolute atomic E-state index is 2.44. The molecule has 1 unspecified atom stereocenters. The van der Waals surface area contributed by atoms with Gasteiger partial charge in [-0.05, 0) is 36.7 Å². The molecule has 0 radical (unpaired) electrons. The molecule has 0 aromatic heterocycles. The first kappa shape index (κ1) is 8.39. The molecule has 0 aliphatic carbocycles. The third-order valence-electron chi connectivity index (χ3n) is 2.48. The molecule has 0 bridgehead atoms. The number of nitrogens with zero attached hydrogens (tertiary/aromatic N) is 1. The fourth-order valence-electron chi connectivity index (χ4n) is 1.78. The fourth-order valence-corrected chi connectivity index (χ4v) is 2.75. The SMILES string of the molecule is CN1CCC/C=C2/SC=CC2C1. The van der Waals surface area contributed by atoms with E-state index >= 15 is 0 Å². The third-order valence-corrected chi connectivity index (χ3v) is 3.51. The molecule has 0 N–H and O–H groups in total. The van der Waals surface area contributed by atoms with Gasteiger partial charge in [0.05, 0.1) is 0 Å². The molecule has 2 heteroatoms. The van der Waals surface area contributed by atoms with Crippen LogP contribution in [0.15, 0.2) is 22.5 Å².